The number of allylic oxidation sites excluding steroid dienone is 12. The van der Waals surface area contributed by atoms with Crippen molar-refractivity contribution in [1.82, 2.24) is 0 Å². The van der Waals surface area contributed by atoms with Crippen LogP contribution >= 0.6 is 0 Å². The lowest BCUT2D eigenvalue weighted by molar-refractivity contribution is 0.878. The molecule has 0 amide bonds. The molecular weight excluding hydrogens is 661 g/mol. The third-order valence-corrected chi connectivity index (χ3v) is 8.78. The molecule has 0 saturated carbocycles. The van der Waals surface area contributed by atoms with Crippen LogP contribution in [0.3, 0.4) is 0 Å². The van der Waals surface area contributed by atoms with Gasteiger partial charge in [-0.2, -0.15) is 0 Å². The summed E-state index contributed by atoms with van der Waals surface area (Å²) in [4.78, 5) is 0. The molecule has 0 radical (unpaired) electrons. The van der Waals surface area contributed by atoms with Crippen LogP contribution in [-0.2, 0) is 0 Å². The molecule has 0 aliphatic heterocycles. The molecule has 7 aromatic carbocycles. The summed E-state index contributed by atoms with van der Waals surface area (Å²) in [5.74, 6) is 0.514. The van der Waals surface area contributed by atoms with Crippen LogP contribution in [0.25, 0.3) is 53.9 Å². The Morgan fingerprint density at radius 3 is 0.836 bits per heavy atom. The predicted octanol–water partition coefficient (Wildman–Crippen LogP) is 17.8. The molecule has 0 heteroatoms. The third-order valence-electron chi connectivity index (χ3n) is 8.78. The van der Waals surface area contributed by atoms with Crippen molar-refractivity contribution in [3.8, 4) is 0 Å². The van der Waals surface area contributed by atoms with Crippen molar-refractivity contribution >= 4 is 53.9 Å². The molecule has 0 aromatic heterocycles. The van der Waals surface area contributed by atoms with E-state index in [1.165, 1.54) is 70.6 Å². The standard InChI is InChI=1S/C16H10.C14H10.C13H10.6C2H6/c1-3-11-7-9-13-5-2-6-14-10-8-12(4-1)15(11)16(13)14;1-3-7-13-11(5-1)9-10-12-6-2-4-8-14(12)13;1-4-10-6-2-8-12-9-3-7-11(5-1)13(10)12;6*1-2/h1-10H;1-10H;1-9,13H;6*1-2H3. The summed E-state index contributed by atoms with van der Waals surface area (Å²) in [5.41, 5.74) is 4.24. The Morgan fingerprint density at radius 2 is 0.527 bits per heavy atom. The second-order valence-electron chi connectivity index (χ2n) is 11.3. The minimum absolute atomic E-state index is 0.514. The van der Waals surface area contributed by atoms with Gasteiger partial charge in [0.25, 0.3) is 0 Å². The first-order chi connectivity index (χ1) is 27.3. The fourth-order valence-electron chi connectivity index (χ4n) is 6.76. The highest BCUT2D eigenvalue weighted by Crippen LogP contribution is 2.38. The van der Waals surface area contributed by atoms with Crippen LogP contribution in [0.4, 0.5) is 0 Å². The summed E-state index contributed by atoms with van der Waals surface area (Å²) in [6.07, 6.45) is 19.6. The minimum Gasteiger partial charge on any atom is -0.0683 e. The summed E-state index contributed by atoms with van der Waals surface area (Å²) in [7, 11) is 0. The molecule has 0 bridgehead atoms. The molecule has 3 aliphatic carbocycles. The highest BCUT2D eigenvalue weighted by molar-refractivity contribution is 6.22. The Bertz CT molecular complexity index is 2080. The Kier molecular flexibility index (Phi) is 21.2. The lowest BCUT2D eigenvalue weighted by atomic mass is 9.76. The van der Waals surface area contributed by atoms with E-state index in [9.17, 15) is 0 Å². The smallest absolute Gasteiger partial charge is 0.0339 e. The third kappa shape index (κ3) is 11.1. The van der Waals surface area contributed by atoms with Crippen molar-refractivity contribution < 1.29 is 0 Å². The van der Waals surface area contributed by atoms with Crippen LogP contribution in [0.5, 0.6) is 0 Å². The van der Waals surface area contributed by atoms with Gasteiger partial charge in [0.05, 0.1) is 0 Å². The molecular formula is C55H66. The first-order valence-electron chi connectivity index (χ1n) is 21.0. The first kappa shape index (κ1) is 45.7. The molecule has 0 saturated heterocycles. The number of benzene rings is 7. The maximum Gasteiger partial charge on any atom is 0.0339 e. The maximum atomic E-state index is 2.21. The Morgan fingerprint density at radius 1 is 0.273 bits per heavy atom. The zero-order chi connectivity index (χ0) is 40.6. The normalized spacial score (nSPS) is 12.4. The number of rotatable bonds is 0. The van der Waals surface area contributed by atoms with E-state index in [4.69, 9.17) is 0 Å². The highest BCUT2D eigenvalue weighted by Gasteiger charge is 2.23. The van der Waals surface area contributed by atoms with Gasteiger partial charge in [-0.05, 0) is 70.6 Å². The second-order valence-corrected chi connectivity index (χ2v) is 11.3. The first-order valence-corrected chi connectivity index (χ1v) is 21.0. The molecule has 0 spiro atoms. The van der Waals surface area contributed by atoms with Gasteiger partial charge in [-0.1, -0.05) is 259 Å². The van der Waals surface area contributed by atoms with Gasteiger partial charge in [-0.15, -0.1) is 0 Å². The van der Waals surface area contributed by atoms with Crippen molar-refractivity contribution in [1.29, 1.82) is 0 Å². The zero-order valence-corrected chi connectivity index (χ0v) is 35.8. The molecule has 3 aliphatic rings. The van der Waals surface area contributed by atoms with Crippen LogP contribution in [0, 0.1) is 5.92 Å². The van der Waals surface area contributed by atoms with Crippen molar-refractivity contribution in [2.75, 3.05) is 0 Å². The molecule has 0 atom stereocenters. The number of fused-ring (bicyclic) bond motifs is 3. The van der Waals surface area contributed by atoms with E-state index in [0.717, 1.165) is 0 Å². The zero-order valence-electron chi connectivity index (χ0n) is 35.8. The second kappa shape index (κ2) is 25.5. The van der Waals surface area contributed by atoms with Crippen LogP contribution in [0.2, 0.25) is 0 Å². The van der Waals surface area contributed by atoms with E-state index in [0.29, 0.717) is 5.92 Å². The topological polar surface area (TPSA) is 0 Å². The highest BCUT2D eigenvalue weighted by atomic mass is 14.3. The molecule has 55 heavy (non-hydrogen) atoms. The number of hydrogen-bond acceptors (Lipinski definition) is 0. The summed E-state index contributed by atoms with van der Waals surface area (Å²) in [6, 6.07) is 43.2. The van der Waals surface area contributed by atoms with Gasteiger partial charge >= 0.3 is 0 Å². The quantitative estimate of drug-likeness (QED) is 0.137. The van der Waals surface area contributed by atoms with E-state index < -0.39 is 0 Å². The minimum atomic E-state index is 0.514. The van der Waals surface area contributed by atoms with Gasteiger partial charge in [-0.25, -0.2) is 0 Å². The van der Waals surface area contributed by atoms with E-state index >= 15 is 0 Å². The lowest BCUT2D eigenvalue weighted by Gasteiger charge is -2.27. The van der Waals surface area contributed by atoms with Crippen LogP contribution in [-0.4, -0.2) is 0 Å². The van der Waals surface area contributed by atoms with Crippen LogP contribution in [0.15, 0.2) is 193 Å². The van der Waals surface area contributed by atoms with E-state index in [1.54, 1.807) is 0 Å². The molecule has 7 aromatic rings. The maximum absolute atomic E-state index is 2.21. The summed E-state index contributed by atoms with van der Waals surface area (Å²) >= 11 is 0. The van der Waals surface area contributed by atoms with Gasteiger partial charge in [0, 0.05) is 5.92 Å². The van der Waals surface area contributed by atoms with Crippen molar-refractivity contribution in [2.24, 2.45) is 5.92 Å². The molecule has 0 N–H and O–H groups in total. The van der Waals surface area contributed by atoms with Gasteiger partial charge in [-0.3, -0.25) is 0 Å². The van der Waals surface area contributed by atoms with E-state index in [1.807, 2.05) is 83.1 Å². The fraction of sp³-hybridized carbons (Fsp3) is 0.236. The predicted molar refractivity (Wildman–Crippen MR) is 255 cm³/mol. The molecule has 0 fully saturated rings. The largest absolute Gasteiger partial charge is 0.0683 e. The molecule has 0 unspecified atom stereocenters. The van der Waals surface area contributed by atoms with Gasteiger partial charge < -0.3 is 0 Å². The van der Waals surface area contributed by atoms with E-state index in [-0.39, 0.29) is 0 Å². The molecule has 10 rings (SSSR count). The van der Waals surface area contributed by atoms with Gasteiger partial charge in [0.2, 0.25) is 0 Å². The Labute approximate surface area is 334 Å². The average molecular weight is 727 g/mol. The van der Waals surface area contributed by atoms with Crippen molar-refractivity contribution in [3.05, 3.63) is 193 Å². The summed E-state index contributed by atoms with van der Waals surface area (Å²) in [6.45, 7) is 24.0. The van der Waals surface area contributed by atoms with E-state index in [2.05, 4.69) is 176 Å². The van der Waals surface area contributed by atoms with Crippen molar-refractivity contribution in [3.63, 3.8) is 0 Å². The van der Waals surface area contributed by atoms with Gasteiger partial charge in [0.1, 0.15) is 0 Å². The summed E-state index contributed by atoms with van der Waals surface area (Å²) in [5, 5.41) is 13.4. The van der Waals surface area contributed by atoms with Gasteiger partial charge in [0.15, 0.2) is 0 Å². The molecule has 0 heterocycles. The lowest BCUT2D eigenvalue weighted by Crippen LogP contribution is -2.13. The Hall–Kier alpha value is -5.46. The average Bonchev–Trinajstić information content (AvgIpc) is 3.30. The molecule has 0 nitrogen and oxygen atoms in total. The number of hydrogen-bond donors (Lipinski definition) is 0. The SMILES string of the molecule is C1=CC2=CC=CC3=CC=CC(=C1)C23.CC.CC.CC.CC.CC.CC.c1cc2ccc3cccc4ccc(c1)c2c34.c1ccc2c(c1)ccc1ccccc12. The Balaban J connectivity index is 0.000000252. The van der Waals surface area contributed by atoms with Crippen LogP contribution in [0.1, 0.15) is 83.1 Å². The fourth-order valence-corrected chi connectivity index (χ4v) is 6.76. The van der Waals surface area contributed by atoms with Crippen LogP contribution < -0.4 is 0 Å². The summed E-state index contributed by atoms with van der Waals surface area (Å²) < 4.78 is 0. The molecule has 286 valence electrons. The van der Waals surface area contributed by atoms with Crippen molar-refractivity contribution in [2.45, 2.75) is 83.1 Å². The monoisotopic (exact) mass is 727 g/mol.